The van der Waals surface area contributed by atoms with Crippen LogP contribution in [0, 0.1) is 12.3 Å². The summed E-state index contributed by atoms with van der Waals surface area (Å²) in [5, 5.41) is 20.3. The molecule has 2 unspecified atom stereocenters. The first-order valence-corrected chi connectivity index (χ1v) is 19.3. The van der Waals surface area contributed by atoms with Crippen LogP contribution in [-0.2, 0) is 9.53 Å². The number of hydrogen-bond acceptors (Lipinski definition) is 11. The van der Waals surface area contributed by atoms with Gasteiger partial charge < -0.3 is 35.8 Å². The van der Waals surface area contributed by atoms with E-state index in [1.54, 1.807) is 55.6 Å². The number of aryl methyl sites for hydroxylation is 1. The third-order valence-corrected chi connectivity index (χ3v) is 11.4. The quantitative estimate of drug-likeness (QED) is 0.155. The Morgan fingerprint density at radius 1 is 1.05 bits per heavy atom. The number of carbonyl (C=O) groups is 2. The number of piperidine rings is 1. The number of carbonyl (C=O) groups excluding carboxylic acids is 1. The van der Waals surface area contributed by atoms with Crippen LogP contribution in [0.3, 0.4) is 0 Å². The van der Waals surface area contributed by atoms with Gasteiger partial charge in [0.25, 0.3) is 5.91 Å². The molecule has 0 radical (unpaired) electrons. The van der Waals surface area contributed by atoms with Crippen LogP contribution in [0.4, 0.5) is 24.9 Å². The van der Waals surface area contributed by atoms with Gasteiger partial charge in [0.2, 0.25) is 17.9 Å². The molecule has 57 heavy (non-hydrogen) atoms. The number of aromatic nitrogens is 4. The van der Waals surface area contributed by atoms with Crippen LogP contribution in [0.2, 0.25) is 0 Å². The van der Waals surface area contributed by atoms with Crippen molar-refractivity contribution < 1.29 is 37.3 Å². The number of nitrogens with two attached hydrogens (primary N) is 1. The fourth-order valence-corrected chi connectivity index (χ4v) is 8.31. The van der Waals surface area contributed by atoms with Crippen molar-refractivity contribution in [3.63, 3.8) is 0 Å². The molecule has 0 saturated carbocycles. The maximum Gasteiger partial charge on any atom is 0.429 e. The molecule has 5 N–H and O–H groups in total. The number of carboxylic acid groups (broad SMARTS) is 1. The molecule has 304 valence electrons. The summed E-state index contributed by atoms with van der Waals surface area (Å²) in [5.41, 5.74) is 8.17. The first-order chi connectivity index (χ1) is 27.3. The predicted octanol–water partition coefficient (Wildman–Crippen LogP) is 4.78. The van der Waals surface area contributed by atoms with Crippen LogP contribution in [0.5, 0.6) is 5.88 Å². The Balaban J connectivity index is 1.11. The van der Waals surface area contributed by atoms with Gasteiger partial charge in [0.15, 0.2) is 0 Å². The first-order valence-electron chi connectivity index (χ1n) is 19.3. The Labute approximate surface area is 328 Å². The smallest absolute Gasteiger partial charge is 0.429 e. The minimum Gasteiger partial charge on any atom is -0.480 e. The van der Waals surface area contributed by atoms with Crippen molar-refractivity contribution in [3.05, 3.63) is 77.6 Å². The number of anilines is 2. The topological polar surface area (TPSA) is 173 Å². The number of nitrogens with zero attached hydrogens (tertiary/aromatic N) is 6. The van der Waals surface area contributed by atoms with E-state index in [0.717, 1.165) is 26.1 Å². The van der Waals surface area contributed by atoms with Crippen molar-refractivity contribution in [2.75, 3.05) is 63.1 Å². The molecule has 3 aliphatic heterocycles. The highest BCUT2D eigenvalue weighted by atomic mass is 19.4. The number of carboxylic acids is 1. The SMILES string of the molecule is CCC1NC(C(=O)O)CC12CCN(c1cc(O[C@H](c3ccc(-c4ccc(C(=O)NCCN5CCOCC5)cc4)cc3-n3ccc(C)n3)C(F)(F)F)nc(N)n1)CC2. The number of halogens is 3. The zero-order chi connectivity index (χ0) is 40.3. The molecule has 0 bridgehead atoms. The Hall–Kier alpha value is -5.26. The third kappa shape index (κ3) is 9.00. The molecular formula is C40H48F3N9O5. The first kappa shape index (κ1) is 40.0. The summed E-state index contributed by atoms with van der Waals surface area (Å²) in [7, 11) is 0. The number of nitrogens with one attached hydrogen (secondary N) is 2. The monoisotopic (exact) mass is 791 g/mol. The van der Waals surface area contributed by atoms with E-state index in [0.29, 0.717) is 80.3 Å². The molecule has 3 saturated heterocycles. The number of rotatable bonds is 12. The van der Waals surface area contributed by atoms with Gasteiger partial charge in [0, 0.05) is 68.7 Å². The van der Waals surface area contributed by atoms with Crippen LogP contribution in [0.25, 0.3) is 16.8 Å². The van der Waals surface area contributed by atoms with Crippen molar-refractivity contribution >= 4 is 23.6 Å². The zero-order valence-corrected chi connectivity index (χ0v) is 32.0. The van der Waals surface area contributed by atoms with Gasteiger partial charge in [-0.1, -0.05) is 31.2 Å². The number of morpholine rings is 1. The molecule has 0 aliphatic carbocycles. The van der Waals surface area contributed by atoms with Crippen molar-refractivity contribution in [2.24, 2.45) is 5.41 Å². The Morgan fingerprint density at radius 2 is 1.77 bits per heavy atom. The lowest BCUT2D eigenvalue weighted by atomic mass is 9.71. The lowest BCUT2D eigenvalue weighted by Crippen LogP contribution is -2.46. The van der Waals surface area contributed by atoms with E-state index < -0.39 is 24.3 Å². The van der Waals surface area contributed by atoms with Crippen LogP contribution < -0.4 is 26.0 Å². The molecule has 14 nitrogen and oxygen atoms in total. The standard InChI is InChI=1S/C40H48F3N9O5/c1-3-32-39(24-30(46-32)37(54)55)11-15-51(16-12-39)33-23-34(48-38(44)47-33)57-35(40(41,42)43)29-9-8-28(22-31(29)52-14-10-25(2)49-52)26-4-6-27(7-5-26)36(53)45-13-17-50-18-20-56-21-19-50/h4-10,14,22-23,30,32,35,46H,3,11-13,15-21,24H2,1-2H3,(H,45,53)(H,54,55)(H2,44,47,48)/t30?,32?,35-/m1/s1. The van der Waals surface area contributed by atoms with Crippen molar-refractivity contribution in [2.45, 2.75) is 63.9 Å². The van der Waals surface area contributed by atoms with Gasteiger partial charge in [0.1, 0.15) is 11.9 Å². The van der Waals surface area contributed by atoms with E-state index >= 15 is 13.2 Å². The number of alkyl halides is 3. The van der Waals surface area contributed by atoms with Gasteiger partial charge in [-0.05, 0) is 73.4 Å². The van der Waals surface area contributed by atoms with E-state index in [2.05, 4.69) is 30.6 Å². The molecule has 7 rings (SSSR count). The maximum atomic E-state index is 15.1. The number of amides is 1. The van der Waals surface area contributed by atoms with Crippen molar-refractivity contribution in [3.8, 4) is 22.7 Å². The average Bonchev–Trinajstić information content (AvgIpc) is 3.80. The molecule has 3 aliphatic rings. The molecule has 5 heterocycles. The Bertz CT molecular complexity index is 2050. The molecule has 3 atom stereocenters. The van der Waals surface area contributed by atoms with Crippen LogP contribution >= 0.6 is 0 Å². The summed E-state index contributed by atoms with van der Waals surface area (Å²) < 4.78 is 57.7. The Morgan fingerprint density at radius 3 is 2.42 bits per heavy atom. The summed E-state index contributed by atoms with van der Waals surface area (Å²) in [6.45, 7) is 9.01. The van der Waals surface area contributed by atoms with Gasteiger partial charge in [-0.25, -0.2) is 4.68 Å². The molecule has 3 fully saturated rings. The predicted molar refractivity (Wildman–Crippen MR) is 206 cm³/mol. The molecule has 17 heteroatoms. The molecule has 4 aromatic rings. The van der Waals surface area contributed by atoms with Crippen LogP contribution in [0.1, 0.15) is 60.3 Å². The zero-order valence-electron chi connectivity index (χ0n) is 32.0. The van der Waals surface area contributed by atoms with Gasteiger partial charge in [-0.15, -0.1) is 0 Å². The fourth-order valence-electron chi connectivity index (χ4n) is 8.31. The number of benzene rings is 2. The number of hydrogen-bond donors (Lipinski definition) is 4. The van der Waals surface area contributed by atoms with Gasteiger partial charge in [-0.2, -0.15) is 28.2 Å². The minimum absolute atomic E-state index is 0.0450. The summed E-state index contributed by atoms with van der Waals surface area (Å²) in [6, 6.07) is 13.9. The summed E-state index contributed by atoms with van der Waals surface area (Å²) >= 11 is 0. The second-order valence-electron chi connectivity index (χ2n) is 15.0. The van der Waals surface area contributed by atoms with Gasteiger partial charge >= 0.3 is 12.1 Å². The molecule has 1 amide bonds. The second kappa shape index (κ2) is 16.7. The van der Waals surface area contributed by atoms with E-state index in [1.807, 2.05) is 11.8 Å². The second-order valence-corrected chi connectivity index (χ2v) is 15.0. The summed E-state index contributed by atoms with van der Waals surface area (Å²) in [5.74, 6) is -1.34. The van der Waals surface area contributed by atoms with E-state index in [1.165, 1.54) is 16.8 Å². The third-order valence-electron chi connectivity index (χ3n) is 11.4. The van der Waals surface area contributed by atoms with Crippen LogP contribution in [-0.4, -0.2) is 112 Å². The fraction of sp³-hybridized carbons (Fsp3) is 0.475. The van der Waals surface area contributed by atoms with Crippen molar-refractivity contribution in [1.82, 2.24) is 35.3 Å². The summed E-state index contributed by atoms with van der Waals surface area (Å²) in [4.78, 5) is 37.2. The van der Waals surface area contributed by atoms with Crippen LogP contribution in [0.15, 0.2) is 60.8 Å². The van der Waals surface area contributed by atoms with Gasteiger partial charge in [-0.3, -0.25) is 14.5 Å². The van der Waals surface area contributed by atoms with E-state index in [4.69, 9.17) is 15.2 Å². The number of nitrogen functional groups attached to an aromatic ring is 1. The number of aliphatic carboxylic acids is 1. The maximum absolute atomic E-state index is 15.1. The lowest BCUT2D eigenvalue weighted by molar-refractivity contribution is -0.198. The highest BCUT2D eigenvalue weighted by Gasteiger charge is 2.50. The molecule has 1 spiro atoms. The lowest BCUT2D eigenvalue weighted by Gasteiger charge is -2.43. The molecular weight excluding hydrogens is 743 g/mol. The summed E-state index contributed by atoms with van der Waals surface area (Å²) in [6.07, 6.45) is -3.10. The molecule has 2 aromatic heterocycles. The Kier molecular flexibility index (Phi) is 11.7. The normalized spacial score (nSPS) is 20.4. The highest BCUT2D eigenvalue weighted by Crippen LogP contribution is 2.46. The average molecular weight is 792 g/mol. The minimum atomic E-state index is -4.88. The van der Waals surface area contributed by atoms with E-state index in [9.17, 15) is 14.7 Å². The van der Waals surface area contributed by atoms with Gasteiger partial charge in [0.05, 0.1) is 24.6 Å². The van der Waals surface area contributed by atoms with E-state index in [-0.39, 0.29) is 40.4 Å². The molecule has 2 aromatic carbocycles. The van der Waals surface area contributed by atoms with Crippen molar-refractivity contribution in [1.29, 1.82) is 0 Å². The largest absolute Gasteiger partial charge is 0.480 e. The highest BCUT2D eigenvalue weighted by molar-refractivity contribution is 5.94. The number of ether oxygens (including phenoxy) is 2.